The number of allylic oxidation sites excluding steroid dienone is 1. The number of nitrogens with zero attached hydrogens (tertiary/aromatic N) is 2. The Morgan fingerprint density at radius 3 is 2.53 bits per heavy atom. The van der Waals surface area contributed by atoms with E-state index >= 15 is 0 Å². The summed E-state index contributed by atoms with van der Waals surface area (Å²) in [5.74, 6) is 0.0364. The molecular weight excluding hydrogens is 238 g/mol. The molecule has 1 aromatic carbocycles. The van der Waals surface area contributed by atoms with E-state index in [0.29, 0.717) is 0 Å². The first-order chi connectivity index (χ1) is 9.06. The lowest BCUT2D eigenvalue weighted by Crippen LogP contribution is -2.32. The fourth-order valence-corrected chi connectivity index (χ4v) is 1.94. The van der Waals surface area contributed by atoms with Crippen LogP contribution in [-0.4, -0.2) is 26.2 Å². The minimum Gasteiger partial charge on any atom is -0.378 e. The van der Waals surface area contributed by atoms with Gasteiger partial charge >= 0.3 is 0 Å². The number of hydrogen-bond acceptors (Lipinski definition) is 3. The molecule has 0 saturated heterocycles. The summed E-state index contributed by atoms with van der Waals surface area (Å²) >= 11 is 0. The highest BCUT2D eigenvalue weighted by atomic mass is 16.2. The zero-order chi connectivity index (χ0) is 13.8. The molecule has 1 saturated carbocycles. The molecule has 1 fully saturated rings. The summed E-state index contributed by atoms with van der Waals surface area (Å²) < 4.78 is 0. The number of rotatable bonds is 4. The van der Waals surface area contributed by atoms with Crippen molar-refractivity contribution in [2.45, 2.75) is 12.8 Å². The summed E-state index contributed by atoms with van der Waals surface area (Å²) in [6.45, 7) is 3.82. The van der Waals surface area contributed by atoms with Gasteiger partial charge in [0, 0.05) is 25.7 Å². The average molecular weight is 257 g/mol. The van der Waals surface area contributed by atoms with Crippen LogP contribution in [0.3, 0.4) is 0 Å². The number of benzene rings is 1. The molecule has 0 atom stereocenters. The van der Waals surface area contributed by atoms with E-state index in [9.17, 15) is 4.79 Å². The van der Waals surface area contributed by atoms with E-state index in [1.165, 1.54) is 0 Å². The van der Waals surface area contributed by atoms with Gasteiger partial charge in [-0.2, -0.15) is 5.10 Å². The molecule has 0 aromatic heterocycles. The summed E-state index contributed by atoms with van der Waals surface area (Å²) in [7, 11) is 3.99. The van der Waals surface area contributed by atoms with Crippen LogP contribution in [-0.2, 0) is 4.79 Å². The predicted octanol–water partition coefficient (Wildman–Crippen LogP) is 2.17. The number of hydrazone groups is 1. The molecule has 100 valence electrons. The minimum absolute atomic E-state index is 0.0199. The summed E-state index contributed by atoms with van der Waals surface area (Å²) in [6.07, 6.45) is 3.24. The third-order valence-corrected chi connectivity index (χ3v) is 3.24. The van der Waals surface area contributed by atoms with Crippen molar-refractivity contribution in [3.8, 4) is 0 Å². The summed E-state index contributed by atoms with van der Waals surface area (Å²) in [4.78, 5) is 13.7. The molecular formula is C15H19N3O. The second kappa shape index (κ2) is 5.69. The number of anilines is 1. The Balaban J connectivity index is 1.85. The summed E-state index contributed by atoms with van der Waals surface area (Å²) in [6, 6.07) is 7.96. The third-order valence-electron chi connectivity index (χ3n) is 3.24. The maximum Gasteiger partial charge on any atom is 0.243 e. The van der Waals surface area contributed by atoms with Crippen LogP contribution in [0, 0.1) is 5.92 Å². The highest BCUT2D eigenvalue weighted by Gasteiger charge is 2.27. The quantitative estimate of drug-likeness (QED) is 0.510. The Morgan fingerprint density at radius 1 is 1.37 bits per heavy atom. The molecule has 4 nitrogen and oxygen atoms in total. The molecule has 19 heavy (non-hydrogen) atoms. The van der Waals surface area contributed by atoms with Crippen molar-refractivity contribution in [2.75, 3.05) is 19.0 Å². The predicted molar refractivity (Wildman–Crippen MR) is 78.4 cm³/mol. The number of amides is 1. The first-order valence-corrected chi connectivity index (χ1v) is 6.33. The highest BCUT2D eigenvalue weighted by molar-refractivity contribution is 5.84. The number of hydrogen-bond donors (Lipinski definition) is 1. The van der Waals surface area contributed by atoms with Crippen LogP contribution in [0.5, 0.6) is 0 Å². The van der Waals surface area contributed by atoms with Crippen molar-refractivity contribution in [3.63, 3.8) is 0 Å². The molecule has 0 spiro atoms. The Morgan fingerprint density at radius 2 is 2.00 bits per heavy atom. The molecule has 4 heteroatoms. The van der Waals surface area contributed by atoms with Gasteiger partial charge in [-0.3, -0.25) is 4.79 Å². The molecule has 0 radical (unpaired) electrons. The van der Waals surface area contributed by atoms with Gasteiger partial charge in [-0.05, 0) is 30.5 Å². The van der Waals surface area contributed by atoms with E-state index < -0.39 is 0 Å². The van der Waals surface area contributed by atoms with Crippen molar-refractivity contribution in [1.29, 1.82) is 0 Å². The Bertz CT molecular complexity index is 495. The molecule has 2 rings (SSSR count). The third kappa shape index (κ3) is 3.44. The van der Waals surface area contributed by atoms with Gasteiger partial charge in [-0.1, -0.05) is 24.3 Å². The molecule has 1 aromatic rings. The Kier molecular flexibility index (Phi) is 4.00. The van der Waals surface area contributed by atoms with Gasteiger partial charge in [0.05, 0.1) is 6.21 Å². The van der Waals surface area contributed by atoms with E-state index in [4.69, 9.17) is 0 Å². The van der Waals surface area contributed by atoms with Crippen LogP contribution in [0.2, 0.25) is 0 Å². The topological polar surface area (TPSA) is 44.7 Å². The van der Waals surface area contributed by atoms with Crippen LogP contribution in [0.1, 0.15) is 18.4 Å². The van der Waals surface area contributed by atoms with Crippen molar-refractivity contribution >= 4 is 17.8 Å². The molecule has 0 unspecified atom stereocenters. The fourth-order valence-electron chi connectivity index (χ4n) is 1.94. The zero-order valence-electron chi connectivity index (χ0n) is 11.4. The molecule has 0 aliphatic heterocycles. The first-order valence-electron chi connectivity index (χ1n) is 6.33. The van der Waals surface area contributed by atoms with Crippen LogP contribution in [0.15, 0.2) is 41.5 Å². The standard InChI is InChI=1S/C15H19N3O/c1-11-8-13(9-11)15(19)17-16-10-12-4-6-14(7-5-12)18(2)3/h4-7,10,13H,1,8-9H2,2-3H3,(H,17,19)/b16-10+. The van der Waals surface area contributed by atoms with E-state index in [2.05, 4.69) is 17.1 Å². The monoisotopic (exact) mass is 257 g/mol. The van der Waals surface area contributed by atoms with E-state index in [-0.39, 0.29) is 11.8 Å². The van der Waals surface area contributed by atoms with Crippen molar-refractivity contribution in [1.82, 2.24) is 5.43 Å². The number of nitrogens with one attached hydrogen (secondary N) is 1. The van der Waals surface area contributed by atoms with Gasteiger partial charge in [-0.15, -0.1) is 0 Å². The fraction of sp³-hybridized carbons (Fsp3) is 0.333. The molecule has 0 bridgehead atoms. The van der Waals surface area contributed by atoms with Gasteiger partial charge in [0.2, 0.25) is 5.91 Å². The second-order valence-electron chi connectivity index (χ2n) is 5.08. The van der Waals surface area contributed by atoms with Gasteiger partial charge in [0.15, 0.2) is 0 Å². The average Bonchev–Trinajstić information content (AvgIpc) is 2.35. The summed E-state index contributed by atoms with van der Waals surface area (Å²) in [5.41, 5.74) is 5.81. The van der Waals surface area contributed by atoms with Crippen LogP contribution >= 0.6 is 0 Å². The lowest BCUT2D eigenvalue weighted by Gasteiger charge is -2.25. The normalized spacial score (nSPS) is 15.4. The molecule has 1 N–H and O–H groups in total. The van der Waals surface area contributed by atoms with E-state index in [1.54, 1.807) is 6.21 Å². The molecule has 1 aliphatic rings. The van der Waals surface area contributed by atoms with Gasteiger partial charge in [0.1, 0.15) is 0 Å². The zero-order valence-corrected chi connectivity index (χ0v) is 11.4. The van der Waals surface area contributed by atoms with Crippen LogP contribution in [0.4, 0.5) is 5.69 Å². The Labute approximate surface area is 113 Å². The molecule has 0 heterocycles. The second-order valence-corrected chi connectivity index (χ2v) is 5.08. The maximum atomic E-state index is 11.6. The van der Waals surface area contributed by atoms with Gasteiger partial charge < -0.3 is 4.90 Å². The minimum atomic E-state index is -0.0199. The lowest BCUT2D eigenvalue weighted by atomic mass is 9.81. The van der Waals surface area contributed by atoms with Crippen LogP contribution < -0.4 is 10.3 Å². The highest BCUT2D eigenvalue weighted by Crippen LogP contribution is 2.31. The molecule has 1 aliphatic carbocycles. The van der Waals surface area contributed by atoms with Crippen molar-refractivity contribution < 1.29 is 4.79 Å². The largest absolute Gasteiger partial charge is 0.378 e. The number of carbonyl (C=O) groups excluding carboxylic acids is 1. The van der Waals surface area contributed by atoms with E-state index in [0.717, 1.165) is 29.7 Å². The first kappa shape index (κ1) is 13.3. The van der Waals surface area contributed by atoms with Crippen LogP contribution in [0.25, 0.3) is 0 Å². The SMILES string of the molecule is C=C1CC(C(=O)N/N=C/c2ccc(N(C)C)cc2)C1. The lowest BCUT2D eigenvalue weighted by molar-refractivity contribution is -0.126. The van der Waals surface area contributed by atoms with Crippen molar-refractivity contribution in [2.24, 2.45) is 11.0 Å². The van der Waals surface area contributed by atoms with Crippen molar-refractivity contribution in [3.05, 3.63) is 42.0 Å². The molecule has 1 amide bonds. The Hall–Kier alpha value is -2.10. The summed E-state index contributed by atoms with van der Waals surface area (Å²) in [5, 5.41) is 3.98. The van der Waals surface area contributed by atoms with Gasteiger partial charge in [-0.25, -0.2) is 5.43 Å². The smallest absolute Gasteiger partial charge is 0.243 e. The van der Waals surface area contributed by atoms with E-state index in [1.807, 2.05) is 43.3 Å². The van der Waals surface area contributed by atoms with Gasteiger partial charge in [0.25, 0.3) is 0 Å². The maximum absolute atomic E-state index is 11.6. The number of carbonyl (C=O) groups is 1.